The highest BCUT2D eigenvalue weighted by molar-refractivity contribution is 5.98. The van der Waals surface area contributed by atoms with Crippen LogP contribution in [0.5, 0.6) is 11.5 Å². The summed E-state index contributed by atoms with van der Waals surface area (Å²) in [4.78, 5) is 28.0. The van der Waals surface area contributed by atoms with E-state index in [2.05, 4.69) is 10.2 Å². The topological polar surface area (TPSA) is 77.1 Å². The summed E-state index contributed by atoms with van der Waals surface area (Å²) in [6.07, 6.45) is 1.82. The molecule has 2 atom stereocenters. The van der Waals surface area contributed by atoms with Gasteiger partial charge in [0.2, 0.25) is 0 Å². The monoisotopic (exact) mass is 438 g/mol. The first-order chi connectivity index (χ1) is 15.6. The van der Waals surface area contributed by atoms with Crippen LogP contribution in [0.15, 0.2) is 54.6 Å². The first-order valence-corrected chi connectivity index (χ1v) is 11.2. The van der Waals surface area contributed by atoms with Gasteiger partial charge in [0.1, 0.15) is 23.6 Å². The lowest BCUT2D eigenvalue weighted by atomic mass is 9.87. The number of para-hydroxylation sites is 2. The number of fused-ring (bicyclic) bond motifs is 1. The van der Waals surface area contributed by atoms with Gasteiger partial charge in [-0.15, -0.1) is 0 Å². The molecule has 0 radical (unpaired) electrons. The molecule has 1 amide bonds. The largest absolute Gasteiger partial charge is 0.494 e. The van der Waals surface area contributed by atoms with Gasteiger partial charge in [-0.2, -0.15) is 0 Å². The van der Waals surface area contributed by atoms with Crippen molar-refractivity contribution in [3.63, 3.8) is 0 Å². The van der Waals surface area contributed by atoms with Crippen LogP contribution in [0.3, 0.4) is 0 Å². The lowest BCUT2D eigenvalue weighted by Crippen LogP contribution is -2.59. The van der Waals surface area contributed by atoms with Gasteiger partial charge in [-0.3, -0.25) is 14.5 Å². The molecule has 0 unspecified atom stereocenters. The van der Waals surface area contributed by atoms with Crippen molar-refractivity contribution in [2.75, 3.05) is 39.5 Å². The highest BCUT2D eigenvalue weighted by atomic mass is 16.5. The fourth-order valence-electron chi connectivity index (χ4n) is 4.45. The average Bonchev–Trinajstić information content (AvgIpc) is 3.09. The Hall–Kier alpha value is -3.06. The second kappa shape index (κ2) is 10.0. The molecule has 170 valence electrons. The Morgan fingerprint density at radius 1 is 1.16 bits per heavy atom. The highest BCUT2D eigenvalue weighted by Gasteiger charge is 2.53. The molecule has 2 aromatic rings. The number of hydrogen-bond donors (Lipinski definition) is 1. The molecule has 1 spiro atoms. The normalized spacial score (nSPS) is 22.5. The van der Waals surface area contributed by atoms with E-state index in [0.29, 0.717) is 37.6 Å². The zero-order valence-electron chi connectivity index (χ0n) is 18.4. The molecule has 0 bridgehead atoms. The second-order valence-electron chi connectivity index (χ2n) is 8.30. The van der Waals surface area contributed by atoms with Crippen LogP contribution in [0.1, 0.15) is 30.1 Å². The summed E-state index contributed by atoms with van der Waals surface area (Å²) in [5, 5.41) is 3.12. The zero-order valence-corrected chi connectivity index (χ0v) is 18.4. The number of nitrogens with zero attached hydrogens (tertiary/aromatic N) is 1. The van der Waals surface area contributed by atoms with Gasteiger partial charge in [0.05, 0.1) is 24.7 Å². The summed E-state index contributed by atoms with van der Waals surface area (Å²) in [5.74, 6) is 0.415. The lowest BCUT2D eigenvalue weighted by molar-refractivity contribution is -0.150. The van der Waals surface area contributed by atoms with Gasteiger partial charge in [-0.05, 0) is 50.6 Å². The van der Waals surface area contributed by atoms with Crippen molar-refractivity contribution >= 4 is 11.9 Å². The molecule has 32 heavy (non-hydrogen) atoms. The Morgan fingerprint density at radius 2 is 1.94 bits per heavy atom. The van der Waals surface area contributed by atoms with Gasteiger partial charge in [0.15, 0.2) is 0 Å². The number of benzene rings is 2. The summed E-state index contributed by atoms with van der Waals surface area (Å²) < 4.78 is 17.1. The smallest absolute Gasteiger partial charge is 0.312 e. The molecular weight excluding hydrogens is 408 g/mol. The molecule has 0 saturated carbocycles. The summed E-state index contributed by atoms with van der Waals surface area (Å²) in [6.45, 7) is 4.83. The number of esters is 1. The molecular formula is C25H30N2O5. The van der Waals surface area contributed by atoms with Crippen LogP contribution in [0.25, 0.3) is 0 Å². The van der Waals surface area contributed by atoms with E-state index in [4.69, 9.17) is 14.2 Å². The van der Waals surface area contributed by atoms with Gasteiger partial charge in [0.25, 0.3) is 5.91 Å². The number of ether oxygens (including phenoxy) is 3. The molecule has 1 fully saturated rings. The van der Waals surface area contributed by atoms with E-state index in [1.807, 2.05) is 36.4 Å². The molecule has 2 heterocycles. The van der Waals surface area contributed by atoms with E-state index in [1.165, 1.54) is 0 Å². The second-order valence-corrected chi connectivity index (χ2v) is 8.30. The first-order valence-electron chi connectivity index (χ1n) is 11.2. The maximum atomic E-state index is 13.0. The predicted octanol–water partition coefficient (Wildman–Crippen LogP) is 2.90. The number of hydrogen-bond acceptors (Lipinski definition) is 6. The Morgan fingerprint density at radius 3 is 2.75 bits per heavy atom. The Labute approximate surface area is 188 Å². The predicted molar refractivity (Wildman–Crippen MR) is 120 cm³/mol. The lowest BCUT2D eigenvalue weighted by Gasteiger charge is -2.32. The maximum absolute atomic E-state index is 13.0. The molecule has 1 saturated heterocycles. The summed E-state index contributed by atoms with van der Waals surface area (Å²) >= 11 is 0. The quantitative estimate of drug-likeness (QED) is 0.505. The van der Waals surface area contributed by atoms with Crippen LogP contribution >= 0.6 is 0 Å². The van der Waals surface area contributed by atoms with Crippen LogP contribution in [0.4, 0.5) is 0 Å². The summed E-state index contributed by atoms with van der Waals surface area (Å²) in [5.41, 5.74) is -0.327. The number of carbonyl (C=O) groups excluding carboxylic acids is 2. The Kier molecular flexibility index (Phi) is 6.95. The van der Waals surface area contributed by atoms with E-state index in [9.17, 15) is 9.59 Å². The van der Waals surface area contributed by atoms with Gasteiger partial charge >= 0.3 is 5.97 Å². The third-order valence-corrected chi connectivity index (χ3v) is 6.04. The fourth-order valence-corrected chi connectivity index (χ4v) is 4.45. The molecule has 1 N–H and O–H groups in total. The van der Waals surface area contributed by atoms with Crippen LogP contribution in [-0.2, 0) is 9.53 Å². The molecule has 2 aliphatic rings. The van der Waals surface area contributed by atoms with Crippen molar-refractivity contribution in [1.29, 1.82) is 0 Å². The van der Waals surface area contributed by atoms with Crippen LogP contribution in [0.2, 0.25) is 0 Å². The van der Waals surface area contributed by atoms with Crippen molar-refractivity contribution in [3.8, 4) is 11.5 Å². The molecule has 7 heteroatoms. The summed E-state index contributed by atoms with van der Waals surface area (Å²) in [6, 6.07) is 16.9. The standard InChI is InChI=1S/C25H30N2O5/c1-2-30-24(29)21-16-27(14-8-9-15-31-19-10-4-3-5-11-19)17-25(21)18-32-22-13-7-6-12-20(22)23(28)26-25/h3-7,10-13,21H,2,8-9,14-18H2,1H3,(H,26,28)/t21-,25-/m0/s1. The third-order valence-electron chi connectivity index (χ3n) is 6.04. The van der Waals surface area contributed by atoms with Crippen molar-refractivity contribution in [2.24, 2.45) is 5.92 Å². The van der Waals surface area contributed by atoms with Crippen LogP contribution in [-0.4, -0.2) is 61.8 Å². The number of rotatable bonds is 8. The van der Waals surface area contributed by atoms with Gasteiger partial charge in [-0.1, -0.05) is 30.3 Å². The highest BCUT2D eigenvalue weighted by Crippen LogP contribution is 2.34. The van der Waals surface area contributed by atoms with E-state index in [0.717, 1.165) is 25.1 Å². The molecule has 2 aromatic carbocycles. The number of amides is 1. The molecule has 0 aromatic heterocycles. The molecule has 7 nitrogen and oxygen atoms in total. The van der Waals surface area contributed by atoms with Gasteiger partial charge in [-0.25, -0.2) is 0 Å². The number of carbonyl (C=O) groups is 2. The molecule has 0 aliphatic carbocycles. The van der Waals surface area contributed by atoms with Crippen LogP contribution in [0, 0.1) is 5.92 Å². The number of nitrogens with one attached hydrogen (secondary N) is 1. The molecule has 2 aliphatic heterocycles. The Bertz CT molecular complexity index is 935. The third kappa shape index (κ3) is 4.88. The Balaban J connectivity index is 1.39. The molecule has 4 rings (SSSR count). The fraction of sp³-hybridized carbons (Fsp3) is 0.440. The zero-order chi connectivity index (χ0) is 22.4. The minimum atomic E-state index is -0.817. The minimum Gasteiger partial charge on any atom is -0.494 e. The maximum Gasteiger partial charge on any atom is 0.312 e. The van der Waals surface area contributed by atoms with E-state index >= 15 is 0 Å². The van der Waals surface area contributed by atoms with Gasteiger partial charge in [0, 0.05) is 13.1 Å². The summed E-state index contributed by atoms with van der Waals surface area (Å²) in [7, 11) is 0. The average molecular weight is 439 g/mol. The van der Waals surface area contributed by atoms with E-state index in [1.54, 1.807) is 25.1 Å². The number of unbranched alkanes of at least 4 members (excludes halogenated alkanes) is 1. The van der Waals surface area contributed by atoms with Gasteiger partial charge < -0.3 is 19.5 Å². The minimum absolute atomic E-state index is 0.217. The van der Waals surface area contributed by atoms with E-state index < -0.39 is 11.5 Å². The van der Waals surface area contributed by atoms with Crippen molar-refractivity contribution in [3.05, 3.63) is 60.2 Å². The van der Waals surface area contributed by atoms with Crippen molar-refractivity contribution < 1.29 is 23.8 Å². The number of likely N-dealkylation sites (tertiary alicyclic amines) is 1. The van der Waals surface area contributed by atoms with Crippen LogP contribution < -0.4 is 14.8 Å². The van der Waals surface area contributed by atoms with E-state index in [-0.39, 0.29) is 18.5 Å². The SMILES string of the molecule is CCOC(=O)[C@@H]1CN(CCCCOc2ccccc2)C[C@]12COc1ccccc1C(=O)N2. The van der Waals surface area contributed by atoms with Crippen molar-refractivity contribution in [1.82, 2.24) is 10.2 Å². The first kappa shape index (κ1) is 22.1. The van der Waals surface area contributed by atoms with Crippen molar-refractivity contribution in [2.45, 2.75) is 25.3 Å².